The number of primary amides is 1. The SMILES string of the molecule is NC(=O)CC[C@H](NC(=O)[C@H](CCC(=O)O)NC(=O)[C@H](CCC(=O)O)NC(=O)CC[C@H](N)C(=O)O)C(=O)O. The van der Waals surface area contributed by atoms with Crippen molar-refractivity contribution in [1.82, 2.24) is 16.0 Å². The molecule has 0 aliphatic heterocycles. The highest BCUT2D eigenvalue weighted by atomic mass is 16.4. The molecule has 4 atom stereocenters. The van der Waals surface area contributed by atoms with E-state index in [1.807, 2.05) is 0 Å². The summed E-state index contributed by atoms with van der Waals surface area (Å²) in [5.74, 6) is -9.42. The van der Waals surface area contributed by atoms with Gasteiger partial charge < -0.3 is 47.8 Å². The fourth-order valence-corrected chi connectivity index (χ4v) is 2.84. The maximum Gasteiger partial charge on any atom is 0.326 e. The van der Waals surface area contributed by atoms with Gasteiger partial charge in [0.15, 0.2) is 0 Å². The maximum atomic E-state index is 12.8. The third kappa shape index (κ3) is 14.7. The third-order valence-corrected chi connectivity index (χ3v) is 4.87. The second-order valence-electron chi connectivity index (χ2n) is 7.93. The number of carbonyl (C=O) groups excluding carboxylic acids is 4. The number of aliphatic carboxylic acids is 4. The number of nitrogens with one attached hydrogen (secondary N) is 3. The monoisotopic (exact) mass is 533 g/mol. The zero-order chi connectivity index (χ0) is 28.7. The van der Waals surface area contributed by atoms with E-state index in [2.05, 4.69) is 16.0 Å². The van der Waals surface area contributed by atoms with E-state index in [9.17, 15) is 43.5 Å². The molecule has 37 heavy (non-hydrogen) atoms. The first-order valence-electron chi connectivity index (χ1n) is 11.0. The molecule has 0 aromatic carbocycles. The van der Waals surface area contributed by atoms with Gasteiger partial charge in [0.1, 0.15) is 24.2 Å². The molecule has 0 unspecified atom stereocenters. The molecule has 0 heterocycles. The van der Waals surface area contributed by atoms with Crippen LogP contribution in [0.2, 0.25) is 0 Å². The molecule has 4 amide bonds. The Morgan fingerprint density at radius 3 is 1.41 bits per heavy atom. The quantitative estimate of drug-likeness (QED) is 0.0787. The van der Waals surface area contributed by atoms with E-state index in [1.54, 1.807) is 0 Å². The fourth-order valence-electron chi connectivity index (χ4n) is 2.84. The predicted octanol–water partition coefficient (Wildman–Crippen LogP) is -3.29. The molecule has 0 radical (unpaired) electrons. The number of carbonyl (C=O) groups is 8. The Labute approximate surface area is 209 Å². The summed E-state index contributed by atoms with van der Waals surface area (Å²) in [6, 6.07) is -6.08. The minimum atomic E-state index is -1.61. The van der Waals surface area contributed by atoms with Crippen molar-refractivity contribution < 1.29 is 58.8 Å². The number of hydrogen-bond acceptors (Lipinski definition) is 9. The summed E-state index contributed by atoms with van der Waals surface area (Å²) in [7, 11) is 0. The van der Waals surface area contributed by atoms with Crippen LogP contribution in [0.15, 0.2) is 0 Å². The molecular formula is C20H31N5O12. The van der Waals surface area contributed by atoms with E-state index in [-0.39, 0.29) is 12.8 Å². The average Bonchev–Trinajstić information content (AvgIpc) is 2.79. The van der Waals surface area contributed by atoms with Gasteiger partial charge in [0.25, 0.3) is 0 Å². The Morgan fingerprint density at radius 2 is 1.00 bits per heavy atom. The van der Waals surface area contributed by atoms with Crippen molar-refractivity contribution in [2.24, 2.45) is 11.5 Å². The van der Waals surface area contributed by atoms with Crippen molar-refractivity contribution in [3.8, 4) is 0 Å². The van der Waals surface area contributed by atoms with Crippen LogP contribution in [0.25, 0.3) is 0 Å². The van der Waals surface area contributed by atoms with Gasteiger partial charge in [-0.25, -0.2) is 4.79 Å². The number of hydrogen-bond donors (Lipinski definition) is 9. The Kier molecular flexibility index (Phi) is 14.5. The van der Waals surface area contributed by atoms with Crippen LogP contribution < -0.4 is 27.4 Å². The second-order valence-corrected chi connectivity index (χ2v) is 7.93. The number of rotatable bonds is 19. The number of amides is 4. The van der Waals surface area contributed by atoms with Gasteiger partial charge in [0.05, 0.1) is 0 Å². The predicted molar refractivity (Wildman–Crippen MR) is 120 cm³/mol. The molecule has 0 bridgehead atoms. The zero-order valence-electron chi connectivity index (χ0n) is 19.7. The number of carboxylic acids is 4. The minimum absolute atomic E-state index is 0.292. The van der Waals surface area contributed by atoms with Gasteiger partial charge >= 0.3 is 23.9 Å². The molecule has 208 valence electrons. The van der Waals surface area contributed by atoms with Crippen molar-refractivity contribution in [3.05, 3.63) is 0 Å². The normalized spacial score (nSPS) is 13.8. The summed E-state index contributed by atoms with van der Waals surface area (Å²) in [4.78, 5) is 92.7. The highest BCUT2D eigenvalue weighted by Gasteiger charge is 2.30. The van der Waals surface area contributed by atoms with Crippen LogP contribution in [0.1, 0.15) is 51.4 Å². The van der Waals surface area contributed by atoms with Gasteiger partial charge in [-0.3, -0.25) is 33.6 Å². The molecule has 0 spiro atoms. The van der Waals surface area contributed by atoms with Crippen molar-refractivity contribution in [1.29, 1.82) is 0 Å². The number of nitrogens with two attached hydrogens (primary N) is 2. The van der Waals surface area contributed by atoms with Gasteiger partial charge in [-0.1, -0.05) is 0 Å². The van der Waals surface area contributed by atoms with E-state index >= 15 is 0 Å². The van der Waals surface area contributed by atoms with Gasteiger partial charge in [0, 0.05) is 25.7 Å². The summed E-state index contributed by atoms with van der Waals surface area (Å²) >= 11 is 0. The van der Waals surface area contributed by atoms with Crippen LogP contribution in [-0.2, 0) is 38.4 Å². The molecule has 0 rings (SSSR count). The largest absolute Gasteiger partial charge is 0.481 e. The lowest BCUT2D eigenvalue weighted by Gasteiger charge is -2.24. The standard InChI is InChI=1S/C20H31N5O12/c21-9(19(34)35)1-6-14(27)23-10(3-7-15(28)29)17(32)24-11(4-8-16(30)31)18(33)25-12(20(36)37)2-5-13(22)26/h9-12H,1-8,21H2,(H2,22,26)(H,23,27)(H,24,32)(H,25,33)(H,28,29)(H,30,31)(H,34,35)(H,36,37)/t9-,10-,11-,12-/m0/s1. The van der Waals surface area contributed by atoms with E-state index in [4.69, 9.17) is 26.8 Å². The minimum Gasteiger partial charge on any atom is -0.481 e. The topological polar surface area (TPSA) is 306 Å². The van der Waals surface area contributed by atoms with Crippen LogP contribution >= 0.6 is 0 Å². The van der Waals surface area contributed by atoms with Crippen LogP contribution in [-0.4, -0.2) is 92.1 Å². The molecule has 17 heteroatoms. The summed E-state index contributed by atoms with van der Waals surface area (Å²) in [5.41, 5.74) is 10.3. The van der Waals surface area contributed by atoms with E-state index in [0.29, 0.717) is 0 Å². The van der Waals surface area contributed by atoms with Crippen LogP contribution in [0.5, 0.6) is 0 Å². The van der Waals surface area contributed by atoms with Gasteiger partial charge in [-0.2, -0.15) is 0 Å². The van der Waals surface area contributed by atoms with E-state index in [1.165, 1.54) is 0 Å². The van der Waals surface area contributed by atoms with Crippen LogP contribution in [0, 0.1) is 0 Å². The lowest BCUT2D eigenvalue weighted by atomic mass is 10.1. The molecule has 0 aromatic heterocycles. The Hall–Kier alpha value is -4.28. The molecule has 0 fully saturated rings. The smallest absolute Gasteiger partial charge is 0.326 e. The highest BCUT2D eigenvalue weighted by molar-refractivity contribution is 5.94. The van der Waals surface area contributed by atoms with E-state index < -0.39 is 110 Å². The summed E-state index contributed by atoms with van der Waals surface area (Å²) < 4.78 is 0. The Balaban J connectivity index is 5.57. The molecule has 0 saturated heterocycles. The van der Waals surface area contributed by atoms with Gasteiger partial charge in [0.2, 0.25) is 23.6 Å². The second kappa shape index (κ2) is 16.4. The molecule has 11 N–H and O–H groups in total. The lowest BCUT2D eigenvalue weighted by molar-refractivity contribution is -0.143. The van der Waals surface area contributed by atoms with Crippen LogP contribution in [0.4, 0.5) is 0 Å². The summed E-state index contributed by atoms with van der Waals surface area (Å²) in [6.07, 6.45) is -3.65. The fraction of sp³-hybridized carbons (Fsp3) is 0.600. The summed E-state index contributed by atoms with van der Waals surface area (Å²) in [6.45, 7) is 0. The van der Waals surface area contributed by atoms with Crippen LogP contribution in [0.3, 0.4) is 0 Å². The first-order chi connectivity index (χ1) is 17.1. The molecule has 0 aliphatic rings. The molecular weight excluding hydrogens is 502 g/mol. The molecule has 17 nitrogen and oxygen atoms in total. The highest BCUT2D eigenvalue weighted by Crippen LogP contribution is 2.06. The van der Waals surface area contributed by atoms with Crippen molar-refractivity contribution in [3.63, 3.8) is 0 Å². The molecule has 0 saturated carbocycles. The first-order valence-corrected chi connectivity index (χ1v) is 11.0. The van der Waals surface area contributed by atoms with Crippen molar-refractivity contribution >= 4 is 47.5 Å². The third-order valence-electron chi connectivity index (χ3n) is 4.87. The van der Waals surface area contributed by atoms with Crippen molar-refractivity contribution in [2.75, 3.05) is 0 Å². The zero-order valence-corrected chi connectivity index (χ0v) is 19.7. The average molecular weight is 533 g/mol. The first kappa shape index (κ1) is 32.7. The van der Waals surface area contributed by atoms with E-state index in [0.717, 1.165) is 0 Å². The summed E-state index contributed by atoms with van der Waals surface area (Å²) in [5, 5.41) is 42.4. The van der Waals surface area contributed by atoms with Crippen molar-refractivity contribution in [2.45, 2.75) is 75.5 Å². The molecule has 0 aromatic rings. The van der Waals surface area contributed by atoms with Gasteiger partial charge in [-0.05, 0) is 25.7 Å². The Morgan fingerprint density at radius 1 is 0.568 bits per heavy atom. The van der Waals surface area contributed by atoms with Gasteiger partial charge in [-0.15, -0.1) is 0 Å². The number of carboxylic acid groups (broad SMARTS) is 4. The maximum absolute atomic E-state index is 12.8. The lowest BCUT2D eigenvalue weighted by Crippen LogP contribution is -2.56. The molecule has 0 aliphatic carbocycles. The Bertz CT molecular complexity index is 893.